The van der Waals surface area contributed by atoms with E-state index < -0.39 is 5.97 Å². The van der Waals surface area contributed by atoms with Crippen molar-refractivity contribution < 1.29 is 14.4 Å². The van der Waals surface area contributed by atoms with Gasteiger partial charge in [-0.15, -0.1) is 0 Å². The van der Waals surface area contributed by atoms with Crippen molar-refractivity contribution in [2.24, 2.45) is 0 Å². The number of aromatic carboxylic acids is 1. The molecule has 0 aliphatic rings. The van der Waals surface area contributed by atoms with Gasteiger partial charge in [0.25, 0.3) is 0 Å². The lowest BCUT2D eigenvalue weighted by Gasteiger charge is -2.23. The van der Waals surface area contributed by atoms with Gasteiger partial charge in [-0.25, -0.2) is 4.79 Å². The van der Waals surface area contributed by atoms with Gasteiger partial charge in [-0.05, 0) is 49.2 Å². The zero-order chi connectivity index (χ0) is 24.8. The summed E-state index contributed by atoms with van der Waals surface area (Å²) in [6, 6.07) is 27.6. The average Bonchev–Trinajstić information content (AvgIpc) is 3.41. The van der Waals surface area contributed by atoms with Gasteiger partial charge in [-0.1, -0.05) is 65.8 Å². The minimum Gasteiger partial charge on any atom is -0.478 e. The molecular weight excluding hydrogens is 450 g/mol. The summed E-state index contributed by atoms with van der Waals surface area (Å²) in [4.78, 5) is 16.8. The highest BCUT2D eigenvalue weighted by Gasteiger charge is 2.24. The van der Waals surface area contributed by atoms with Crippen molar-refractivity contribution in [3.63, 3.8) is 0 Å². The maximum absolute atomic E-state index is 11.9. The lowest BCUT2D eigenvalue weighted by Crippen LogP contribution is -2.12. The summed E-state index contributed by atoms with van der Waals surface area (Å²) in [6.45, 7) is 3.81. The summed E-state index contributed by atoms with van der Waals surface area (Å²) in [5.74, 6) is -0.235. The van der Waals surface area contributed by atoms with Crippen LogP contribution in [0.4, 0.5) is 0 Å². The molecule has 0 aliphatic heterocycles. The van der Waals surface area contributed by atoms with E-state index in [2.05, 4.69) is 40.1 Å². The molecule has 0 saturated heterocycles. The van der Waals surface area contributed by atoms with Gasteiger partial charge in [0.1, 0.15) is 5.76 Å². The van der Waals surface area contributed by atoms with E-state index in [4.69, 9.17) is 9.51 Å². The van der Waals surface area contributed by atoms with Crippen LogP contribution in [0.3, 0.4) is 0 Å². The fourth-order valence-electron chi connectivity index (χ4n) is 5.11. The second kappa shape index (κ2) is 8.50. The predicted molar refractivity (Wildman–Crippen MR) is 139 cm³/mol. The van der Waals surface area contributed by atoms with Gasteiger partial charge in [-0.3, -0.25) is 4.98 Å². The molecule has 3 heterocycles. The van der Waals surface area contributed by atoms with Crippen LogP contribution in [0.15, 0.2) is 95.6 Å². The Bertz CT molecular complexity index is 1680. The summed E-state index contributed by atoms with van der Waals surface area (Å²) in [5.41, 5.74) is 7.56. The normalized spacial score (nSPS) is 11.5. The number of carboxylic acids is 1. The van der Waals surface area contributed by atoms with E-state index in [0.29, 0.717) is 0 Å². The Morgan fingerprint density at radius 2 is 1.56 bits per heavy atom. The van der Waals surface area contributed by atoms with Gasteiger partial charge >= 0.3 is 5.97 Å². The molecule has 6 aromatic rings. The molecule has 0 atom stereocenters. The third-order valence-corrected chi connectivity index (χ3v) is 6.70. The van der Waals surface area contributed by atoms with Crippen LogP contribution in [0.25, 0.3) is 33.1 Å². The number of hydrogen-bond acceptors (Lipinski definition) is 4. The van der Waals surface area contributed by atoms with Crippen LogP contribution in [-0.4, -0.2) is 25.8 Å². The van der Waals surface area contributed by atoms with Crippen LogP contribution in [-0.2, 0) is 0 Å². The number of benzene rings is 3. The van der Waals surface area contributed by atoms with Gasteiger partial charge in [0.05, 0.1) is 33.8 Å². The molecule has 0 amide bonds. The van der Waals surface area contributed by atoms with Crippen LogP contribution >= 0.6 is 0 Å². The molecular formula is C30H23N3O3. The van der Waals surface area contributed by atoms with Crippen molar-refractivity contribution in [1.29, 1.82) is 0 Å². The van der Waals surface area contributed by atoms with Gasteiger partial charge < -0.3 is 14.2 Å². The van der Waals surface area contributed by atoms with Crippen molar-refractivity contribution >= 4 is 27.9 Å². The summed E-state index contributed by atoms with van der Waals surface area (Å²) < 4.78 is 7.63. The first-order chi connectivity index (χ1) is 17.5. The number of fused-ring (bicyclic) bond motifs is 3. The quantitative estimate of drug-likeness (QED) is 0.298. The Morgan fingerprint density at radius 3 is 2.14 bits per heavy atom. The lowest BCUT2D eigenvalue weighted by atomic mass is 9.98. The van der Waals surface area contributed by atoms with Crippen LogP contribution < -0.4 is 0 Å². The number of hydrogen-bond donors (Lipinski definition) is 1. The van der Waals surface area contributed by atoms with Crippen molar-refractivity contribution in [2.45, 2.75) is 19.9 Å². The van der Waals surface area contributed by atoms with Crippen LogP contribution in [0.2, 0.25) is 0 Å². The van der Waals surface area contributed by atoms with Crippen LogP contribution in [0.5, 0.6) is 0 Å². The molecule has 0 bridgehead atoms. The highest BCUT2D eigenvalue weighted by Crippen LogP contribution is 2.39. The number of nitrogens with zero attached hydrogens (tertiary/aromatic N) is 3. The molecule has 0 saturated carbocycles. The molecule has 0 fully saturated rings. The Labute approximate surface area is 207 Å². The molecule has 3 aromatic carbocycles. The molecule has 6 heteroatoms. The first kappa shape index (κ1) is 21.8. The second-order valence-electron chi connectivity index (χ2n) is 8.92. The molecule has 1 N–H and O–H groups in total. The summed E-state index contributed by atoms with van der Waals surface area (Å²) in [6.07, 6.45) is 1.84. The van der Waals surface area contributed by atoms with E-state index in [1.54, 1.807) is 12.1 Å². The topological polar surface area (TPSA) is 81.2 Å². The first-order valence-corrected chi connectivity index (χ1v) is 11.7. The number of aryl methyl sites for hydroxylation is 2. The summed E-state index contributed by atoms with van der Waals surface area (Å²) in [5, 5.41) is 14.8. The lowest BCUT2D eigenvalue weighted by molar-refractivity contribution is 0.0697. The minimum atomic E-state index is -0.964. The average molecular weight is 474 g/mol. The molecule has 0 unspecified atom stereocenters. The van der Waals surface area contributed by atoms with Crippen LogP contribution in [0.1, 0.15) is 39.0 Å². The standard InChI is InChI=1S/C30H23N3O3/c1-18-27(19(2)36-32-18)23-16-26-28(31-17-23)24-14-13-22(30(34)35)15-25(24)33(26)29(20-9-5-3-6-10-20)21-11-7-4-8-12-21/h3-17,29H,1-2H3,(H,34,35). The predicted octanol–water partition coefficient (Wildman–Crippen LogP) is 6.80. The molecule has 176 valence electrons. The fourth-order valence-corrected chi connectivity index (χ4v) is 5.11. The Balaban J connectivity index is 1.74. The van der Waals surface area contributed by atoms with Gasteiger partial charge in [0.15, 0.2) is 0 Å². The van der Waals surface area contributed by atoms with Crippen molar-refractivity contribution in [1.82, 2.24) is 14.7 Å². The largest absolute Gasteiger partial charge is 0.478 e. The van der Waals surface area contributed by atoms with E-state index in [0.717, 1.165) is 55.6 Å². The van der Waals surface area contributed by atoms with Gasteiger partial charge in [0, 0.05) is 22.7 Å². The maximum Gasteiger partial charge on any atom is 0.335 e. The van der Waals surface area contributed by atoms with Gasteiger partial charge in [0.2, 0.25) is 0 Å². The molecule has 36 heavy (non-hydrogen) atoms. The van der Waals surface area contributed by atoms with E-state index in [1.807, 2.05) is 62.5 Å². The van der Waals surface area contributed by atoms with Gasteiger partial charge in [-0.2, -0.15) is 0 Å². The Morgan fingerprint density at radius 1 is 0.889 bits per heavy atom. The van der Waals surface area contributed by atoms with Crippen molar-refractivity contribution in [3.05, 3.63) is 119 Å². The summed E-state index contributed by atoms with van der Waals surface area (Å²) >= 11 is 0. The first-order valence-electron chi connectivity index (χ1n) is 11.7. The minimum absolute atomic E-state index is 0.196. The SMILES string of the molecule is Cc1noc(C)c1-c1cnc2c3ccc(C(=O)O)cc3n(C(c3ccccc3)c3ccccc3)c2c1. The number of pyridine rings is 1. The van der Waals surface area contributed by atoms with E-state index in [9.17, 15) is 9.90 Å². The van der Waals surface area contributed by atoms with E-state index in [1.165, 1.54) is 0 Å². The zero-order valence-corrected chi connectivity index (χ0v) is 19.8. The van der Waals surface area contributed by atoms with Crippen molar-refractivity contribution in [3.8, 4) is 11.1 Å². The summed E-state index contributed by atoms with van der Waals surface area (Å²) in [7, 11) is 0. The number of rotatable bonds is 5. The van der Waals surface area contributed by atoms with Crippen molar-refractivity contribution in [2.75, 3.05) is 0 Å². The second-order valence-corrected chi connectivity index (χ2v) is 8.92. The Kier molecular flexibility index (Phi) is 5.15. The third-order valence-electron chi connectivity index (χ3n) is 6.70. The molecule has 0 radical (unpaired) electrons. The number of carboxylic acid groups (broad SMARTS) is 1. The molecule has 6 rings (SSSR count). The monoisotopic (exact) mass is 473 g/mol. The zero-order valence-electron chi connectivity index (χ0n) is 19.8. The number of carbonyl (C=O) groups is 1. The molecule has 3 aromatic heterocycles. The fraction of sp³-hybridized carbons (Fsp3) is 0.100. The smallest absolute Gasteiger partial charge is 0.335 e. The highest BCUT2D eigenvalue weighted by molar-refractivity contribution is 6.08. The highest BCUT2D eigenvalue weighted by atomic mass is 16.5. The Hall–Kier alpha value is -4.71. The van der Waals surface area contributed by atoms with E-state index >= 15 is 0 Å². The van der Waals surface area contributed by atoms with Crippen LogP contribution in [0, 0.1) is 13.8 Å². The number of aromatic nitrogens is 3. The maximum atomic E-state index is 11.9. The molecule has 0 aliphatic carbocycles. The molecule has 0 spiro atoms. The third kappa shape index (κ3) is 3.46. The molecule has 6 nitrogen and oxygen atoms in total. The van der Waals surface area contributed by atoms with E-state index in [-0.39, 0.29) is 11.6 Å².